The minimum atomic E-state index is -0.346. The Bertz CT molecular complexity index is 366. The average Bonchev–Trinajstić information content (AvgIpc) is 2.81. The highest BCUT2D eigenvalue weighted by atomic mass is 16.6. The van der Waals surface area contributed by atoms with E-state index in [1.165, 1.54) is 0 Å². The van der Waals surface area contributed by atoms with Crippen molar-refractivity contribution in [3.8, 4) is 5.75 Å². The Balaban J connectivity index is 1.73. The van der Waals surface area contributed by atoms with Gasteiger partial charge in [0.25, 0.3) is 0 Å². The zero-order valence-electron chi connectivity index (χ0n) is 9.85. The maximum absolute atomic E-state index is 11.4. The lowest BCUT2D eigenvalue weighted by molar-refractivity contribution is -0.151. The van der Waals surface area contributed by atoms with Crippen molar-refractivity contribution in [1.29, 1.82) is 0 Å². The van der Waals surface area contributed by atoms with Gasteiger partial charge in [-0.1, -0.05) is 17.7 Å². The predicted octanol–water partition coefficient (Wildman–Crippen LogP) is 1.71. The highest BCUT2D eigenvalue weighted by Gasteiger charge is 2.19. The summed E-state index contributed by atoms with van der Waals surface area (Å²) in [4.78, 5) is 11.4. The Hall–Kier alpha value is -1.55. The summed E-state index contributed by atoms with van der Waals surface area (Å²) in [6, 6.07) is 7.54. The zero-order valence-corrected chi connectivity index (χ0v) is 9.85. The molecule has 17 heavy (non-hydrogen) atoms. The fourth-order valence-corrected chi connectivity index (χ4v) is 1.60. The number of ether oxygens (including phenoxy) is 3. The second-order valence-electron chi connectivity index (χ2n) is 4.08. The number of rotatable bonds is 4. The first-order valence-corrected chi connectivity index (χ1v) is 5.71. The molecule has 0 N–H and O–H groups in total. The second-order valence-corrected chi connectivity index (χ2v) is 4.08. The molecule has 1 fully saturated rings. The summed E-state index contributed by atoms with van der Waals surface area (Å²) in [6.45, 7) is 3.10. The molecule has 0 aromatic heterocycles. The molecule has 4 heteroatoms. The van der Waals surface area contributed by atoms with Crippen molar-refractivity contribution in [1.82, 2.24) is 0 Å². The van der Waals surface area contributed by atoms with Crippen LogP contribution in [0.2, 0.25) is 0 Å². The number of carbonyl (C=O) groups excluding carboxylic acids is 1. The van der Waals surface area contributed by atoms with Crippen molar-refractivity contribution in [3.63, 3.8) is 0 Å². The summed E-state index contributed by atoms with van der Waals surface area (Å²) in [5, 5.41) is 0. The Kier molecular flexibility index (Phi) is 3.98. The van der Waals surface area contributed by atoms with E-state index in [1.807, 2.05) is 31.2 Å². The van der Waals surface area contributed by atoms with Gasteiger partial charge in [-0.25, -0.2) is 4.79 Å². The van der Waals surface area contributed by atoms with Crippen molar-refractivity contribution >= 4 is 5.97 Å². The van der Waals surface area contributed by atoms with Crippen LogP contribution < -0.4 is 4.74 Å². The molecule has 4 nitrogen and oxygen atoms in total. The van der Waals surface area contributed by atoms with Gasteiger partial charge < -0.3 is 14.2 Å². The van der Waals surface area contributed by atoms with E-state index >= 15 is 0 Å². The molecule has 1 aliphatic heterocycles. The molecule has 1 atom stereocenters. The Morgan fingerprint density at radius 3 is 2.82 bits per heavy atom. The normalized spacial score (nSPS) is 19.0. The Morgan fingerprint density at radius 1 is 1.41 bits per heavy atom. The first-order valence-electron chi connectivity index (χ1n) is 5.71. The van der Waals surface area contributed by atoms with E-state index in [1.54, 1.807) is 0 Å². The van der Waals surface area contributed by atoms with Crippen LogP contribution in [0.15, 0.2) is 24.3 Å². The fourth-order valence-electron chi connectivity index (χ4n) is 1.60. The molecular weight excluding hydrogens is 220 g/mol. The van der Waals surface area contributed by atoms with E-state index in [2.05, 4.69) is 0 Å². The molecule has 92 valence electrons. The second kappa shape index (κ2) is 5.68. The minimum Gasteiger partial charge on any atom is -0.482 e. The number of benzene rings is 1. The van der Waals surface area contributed by atoms with Gasteiger partial charge in [-0.15, -0.1) is 0 Å². The van der Waals surface area contributed by atoms with Crippen LogP contribution >= 0.6 is 0 Å². The lowest BCUT2D eigenvalue weighted by atomic mass is 10.2. The molecule has 2 rings (SSSR count). The van der Waals surface area contributed by atoms with Gasteiger partial charge >= 0.3 is 5.97 Å². The molecule has 1 aromatic carbocycles. The number of carbonyl (C=O) groups is 1. The molecule has 0 bridgehead atoms. The summed E-state index contributed by atoms with van der Waals surface area (Å²) in [7, 11) is 0. The van der Waals surface area contributed by atoms with E-state index in [-0.39, 0.29) is 18.7 Å². The van der Waals surface area contributed by atoms with E-state index in [4.69, 9.17) is 14.2 Å². The molecule has 0 amide bonds. The highest BCUT2D eigenvalue weighted by molar-refractivity contribution is 5.71. The van der Waals surface area contributed by atoms with E-state index in [9.17, 15) is 4.79 Å². The van der Waals surface area contributed by atoms with Gasteiger partial charge in [-0.3, -0.25) is 0 Å². The van der Waals surface area contributed by atoms with Gasteiger partial charge in [-0.2, -0.15) is 0 Å². The fraction of sp³-hybridized carbons (Fsp3) is 0.462. The Morgan fingerprint density at radius 2 is 2.18 bits per heavy atom. The van der Waals surface area contributed by atoms with Crippen molar-refractivity contribution in [2.24, 2.45) is 0 Å². The van der Waals surface area contributed by atoms with Crippen LogP contribution in [-0.2, 0) is 14.3 Å². The molecule has 1 aliphatic rings. The van der Waals surface area contributed by atoms with E-state index in [0.29, 0.717) is 19.0 Å². The van der Waals surface area contributed by atoms with Crippen LogP contribution in [0.4, 0.5) is 0 Å². The standard InChI is InChI=1S/C13H16O4/c1-10-2-4-11(5-3-10)16-9-13(14)17-12-6-7-15-8-12/h2-5,12H,6-9H2,1H3/t12-/m0/s1. The van der Waals surface area contributed by atoms with Crippen LogP contribution in [0.3, 0.4) is 0 Å². The lowest BCUT2D eigenvalue weighted by Crippen LogP contribution is -2.22. The smallest absolute Gasteiger partial charge is 0.344 e. The SMILES string of the molecule is Cc1ccc(OCC(=O)O[C@H]2CCOC2)cc1. The summed E-state index contributed by atoms with van der Waals surface area (Å²) in [5.41, 5.74) is 1.16. The topological polar surface area (TPSA) is 44.8 Å². The summed E-state index contributed by atoms with van der Waals surface area (Å²) >= 11 is 0. The van der Waals surface area contributed by atoms with Crippen LogP contribution in [0, 0.1) is 6.92 Å². The van der Waals surface area contributed by atoms with Crippen LogP contribution in [0.5, 0.6) is 5.75 Å². The van der Waals surface area contributed by atoms with Crippen molar-refractivity contribution in [3.05, 3.63) is 29.8 Å². The van der Waals surface area contributed by atoms with Crippen molar-refractivity contribution in [2.45, 2.75) is 19.4 Å². The molecule has 1 saturated heterocycles. The van der Waals surface area contributed by atoms with Gasteiger partial charge in [0.15, 0.2) is 6.61 Å². The first-order chi connectivity index (χ1) is 8.24. The molecule has 1 aromatic rings. The summed E-state index contributed by atoms with van der Waals surface area (Å²) in [5.74, 6) is 0.330. The van der Waals surface area contributed by atoms with Crippen LogP contribution in [-0.4, -0.2) is 31.9 Å². The third kappa shape index (κ3) is 3.75. The number of esters is 1. The van der Waals surface area contributed by atoms with Gasteiger partial charge in [0.05, 0.1) is 13.2 Å². The van der Waals surface area contributed by atoms with E-state index in [0.717, 1.165) is 12.0 Å². The van der Waals surface area contributed by atoms with Gasteiger partial charge in [0.1, 0.15) is 11.9 Å². The quantitative estimate of drug-likeness (QED) is 0.746. The van der Waals surface area contributed by atoms with Crippen LogP contribution in [0.25, 0.3) is 0 Å². The van der Waals surface area contributed by atoms with Gasteiger partial charge in [0, 0.05) is 6.42 Å². The number of hydrogen-bond acceptors (Lipinski definition) is 4. The highest BCUT2D eigenvalue weighted by Crippen LogP contribution is 2.12. The molecular formula is C13H16O4. The monoisotopic (exact) mass is 236 g/mol. The molecule has 0 saturated carbocycles. The minimum absolute atomic E-state index is 0.0560. The van der Waals surface area contributed by atoms with Gasteiger partial charge in [-0.05, 0) is 19.1 Å². The zero-order chi connectivity index (χ0) is 12.1. The molecule has 1 heterocycles. The number of hydrogen-bond donors (Lipinski definition) is 0. The van der Waals surface area contributed by atoms with E-state index < -0.39 is 0 Å². The lowest BCUT2D eigenvalue weighted by Gasteiger charge is -2.10. The maximum atomic E-state index is 11.4. The maximum Gasteiger partial charge on any atom is 0.344 e. The predicted molar refractivity (Wildman–Crippen MR) is 62.0 cm³/mol. The van der Waals surface area contributed by atoms with Crippen molar-refractivity contribution < 1.29 is 19.0 Å². The summed E-state index contributed by atoms with van der Waals surface area (Å²) < 4.78 is 15.6. The van der Waals surface area contributed by atoms with Crippen molar-refractivity contribution in [2.75, 3.05) is 19.8 Å². The third-order valence-corrected chi connectivity index (χ3v) is 2.56. The first kappa shape index (κ1) is 11.9. The number of aryl methyl sites for hydroxylation is 1. The van der Waals surface area contributed by atoms with Gasteiger partial charge in [0.2, 0.25) is 0 Å². The average molecular weight is 236 g/mol. The third-order valence-electron chi connectivity index (χ3n) is 2.56. The van der Waals surface area contributed by atoms with Crippen LogP contribution in [0.1, 0.15) is 12.0 Å². The largest absolute Gasteiger partial charge is 0.482 e. The molecule has 0 aliphatic carbocycles. The summed E-state index contributed by atoms with van der Waals surface area (Å²) in [6.07, 6.45) is 0.667. The molecule has 0 unspecified atom stereocenters. The molecule has 0 radical (unpaired) electrons. The Labute approximate surface area is 100 Å². The molecule has 0 spiro atoms.